The van der Waals surface area contributed by atoms with Gasteiger partial charge in [0.2, 0.25) is 5.91 Å². The lowest BCUT2D eigenvalue weighted by atomic mass is 9.71. The van der Waals surface area contributed by atoms with Gasteiger partial charge < -0.3 is 10.2 Å². The summed E-state index contributed by atoms with van der Waals surface area (Å²) in [6, 6.07) is 0. The van der Waals surface area contributed by atoms with Crippen LogP contribution in [0.5, 0.6) is 0 Å². The Labute approximate surface area is 111 Å². The predicted octanol–water partition coefficient (Wildman–Crippen LogP) is 2.41. The maximum Gasteiger partial charge on any atom is 0.228 e. The number of nitrogens with zero attached hydrogens (tertiary/aromatic N) is 1. The third-order valence-corrected chi connectivity index (χ3v) is 5.24. The highest BCUT2D eigenvalue weighted by Gasteiger charge is 2.39. The molecule has 104 valence electrons. The van der Waals surface area contributed by atoms with Crippen LogP contribution in [-0.2, 0) is 4.79 Å². The molecule has 1 amide bonds. The van der Waals surface area contributed by atoms with Crippen molar-refractivity contribution in [3.05, 3.63) is 0 Å². The minimum absolute atomic E-state index is 0.182. The summed E-state index contributed by atoms with van der Waals surface area (Å²) in [6.07, 6.45) is 5.94. The maximum atomic E-state index is 12.4. The number of rotatable bonds is 2. The fourth-order valence-electron chi connectivity index (χ4n) is 3.22. The van der Waals surface area contributed by atoms with Gasteiger partial charge in [-0.25, -0.2) is 0 Å². The van der Waals surface area contributed by atoms with Crippen molar-refractivity contribution < 1.29 is 4.79 Å². The molecule has 0 aromatic carbocycles. The molecule has 2 aliphatic rings. The molecule has 18 heavy (non-hydrogen) atoms. The summed E-state index contributed by atoms with van der Waals surface area (Å²) in [5.74, 6) is 0.355. The van der Waals surface area contributed by atoms with E-state index >= 15 is 0 Å². The molecule has 0 aromatic heterocycles. The Hall–Kier alpha value is -0.570. The molecule has 2 saturated heterocycles. The SMILES string of the molecule is CCC(C)(C)C(=O)N1CCC2(CCNCC2)CC1. The molecule has 2 rings (SSSR count). The van der Waals surface area contributed by atoms with Gasteiger partial charge in [0, 0.05) is 18.5 Å². The molecule has 2 aliphatic heterocycles. The average molecular weight is 252 g/mol. The number of piperidine rings is 2. The van der Waals surface area contributed by atoms with Gasteiger partial charge in [-0.3, -0.25) is 4.79 Å². The number of likely N-dealkylation sites (tertiary alicyclic amines) is 1. The second-order valence-corrected chi connectivity index (χ2v) is 6.78. The van der Waals surface area contributed by atoms with Gasteiger partial charge in [-0.15, -0.1) is 0 Å². The zero-order valence-corrected chi connectivity index (χ0v) is 12.2. The van der Waals surface area contributed by atoms with E-state index in [1.165, 1.54) is 25.7 Å². The molecular formula is C15H28N2O. The van der Waals surface area contributed by atoms with Crippen molar-refractivity contribution in [3.8, 4) is 0 Å². The molecule has 0 atom stereocenters. The molecule has 0 bridgehead atoms. The van der Waals surface area contributed by atoms with E-state index in [0.717, 1.165) is 32.6 Å². The van der Waals surface area contributed by atoms with E-state index in [0.29, 0.717) is 11.3 Å². The molecule has 0 aliphatic carbocycles. The van der Waals surface area contributed by atoms with Crippen molar-refractivity contribution in [2.75, 3.05) is 26.2 Å². The molecule has 0 aromatic rings. The van der Waals surface area contributed by atoms with Crippen molar-refractivity contribution in [2.45, 2.75) is 52.9 Å². The second-order valence-electron chi connectivity index (χ2n) is 6.78. The quantitative estimate of drug-likeness (QED) is 0.818. The van der Waals surface area contributed by atoms with E-state index in [4.69, 9.17) is 0 Å². The van der Waals surface area contributed by atoms with Crippen LogP contribution in [0.15, 0.2) is 0 Å². The first-order chi connectivity index (χ1) is 8.49. The summed E-state index contributed by atoms with van der Waals surface area (Å²) in [5, 5.41) is 3.44. The van der Waals surface area contributed by atoms with Gasteiger partial charge in [0.25, 0.3) is 0 Å². The lowest BCUT2D eigenvalue weighted by Gasteiger charge is -2.45. The Balaban J connectivity index is 1.92. The van der Waals surface area contributed by atoms with Gasteiger partial charge in [-0.1, -0.05) is 20.8 Å². The molecule has 2 fully saturated rings. The largest absolute Gasteiger partial charge is 0.342 e. The zero-order valence-electron chi connectivity index (χ0n) is 12.2. The Bertz CT molecular complexity index is 296. The van der Waals surface area contributed by atoms with Crippen LogP contribution in [-0.4, -0.2) is 37.0 Å². The molecule has 2 heterocycles. The molecule has 1 spiro atoms. The van der Waals surface area contributed by atoms with Gasteiger partial charge in [-0.2, -0.15) is 0 Å². The Morgan fingerprint density at radius 3 is 2.22 bits per heavy atom. The third-order valence-electron chi connectivity index (χ3n) is 5.24. The lowest BCUT2D eigenvalue weighted by molar-refractivity contribution is -0.143. The number of amides is 1. The predicted molar refractivity (Wildman–Crippen MR) is 74.4 cm³/mol. The number of hydrogen-bond donors (Lipinski definition) is 1. The Morgan fingerprint density at radius 2 is 1.72 bits per heavy atom. The van der Waals surface area contributed by atoms with E-state index < -0.39 is 0 Å². The van der Waals surface area contributed by atoms with Crippen LogP contribution >= 0.6 is 0 Å². The molecule has 1 N–H and O–H groups in total. The van der Waals surface area contributed by atoms with Crippen molar-refractivity contribution in [1.29, 1.82) is 0 Å². The number of hydrogen-bond acceptors (Lipinski definition) is 2. The van der Waals surface area contributed by atoms with E-state index in [9.17, 15) is 4.79 Å². The van der Waals surface area contributed by atoms with E-state index in [1.807, 2.05) is 0 Å². The van der Waals surface area contributed by atoms with Gasteiger partial charge in [0.15, 0.2) is 0 Å². The van der Waals surface area contributed by atoms with Crippen LogP contribution in [0.2, 0.25) is 0 Å². The highest BCUT2D eigenvalue weighted by atomic mass is 16.2. The van der Waals surface area contributed by atoms with Crippen LogP contribution in [0.25, 0.3) is 0 Å². The lowest BCUT2D eigenvalue weighted by Crippen LogP contribution is -2.50. The topological polar surface area (TPSA) is 32.3 Å². The number of nitrogens with one attached hydrogen (secondary N) is 1. The van der Waals surface area contributed by atoms with Crippen molar-refractivity contribution in [2.24, 2.45) is 10.8 Å². The number of carbonyl (C=O) groups is 1. The van der Waals surface area contributed by atoms with Gasteiger partial charge in [0.1, 0.15) is 0 Å². The molecule has 0 unspecified atom stereocenters. The summed E-state index contributed by atoms with van der Waals surface area (Å²) < 4.78 is 0. The minimum atomic E-state index is -0.182. The zero-order chi connectivity index (χ0) is 13.2. The second kappa shape index (κ2) is 5.20. The maximum absolute atomic E-state index is 12.4. The summed E-state index contributed by atoms with van der Waals surface area (Å²) in [6.45, 7) is 10.5. The Morgan fingerprint density at radius 1 is 1.17 bits per heavy atom. The smallest absolute Gasteiger partial charge is 0.228 e. The van der Waals surface area contributed by atoms with Crippen molar-refractivity contribution in [3.63, 3.8) is 0 Å². The number of carbonyl (C=O) groups excluding carboxylic acids is 1. The molecule has 3 heteroatoms. The van der Waals surface area contributed by atoms with Gasteiger partial charge in [-0.05, 0) is 50.6 Å². The highest BCUT2D eigenvalue weighted by Crippen LogP contribution is 2.40. The van der Waals surface area contributed by atoms with Crippen LogP contribution in [0.3, 0.4) is 0 Å². The first-order valence-electron chi connectivity index (χ1n) is 7.49. The highest BCUT2D eigenvalue weighted by molar-refractivity contribution is 5.82. The van der Waals surface area contributed by atoms with Crippen LogP contribution in [0, 0.1) is 10.8 Å². The van der Waals surface area contributed by atoms with Crippen LogP contribution in [0.1, 0.15) is 52.9 Å². The molecule has 0 saturated carbocycles. The molecule has 0 radical (unpaired) electrons. The summed E-state index contributed by atoms with van der Waals surface area (Å²) in [5.41, 5.74) is 0.358. The fourth-order valence-corrected chi connectivity index (χ4v) is 3.22. The van der Waals surface area contributed by atoms with Gasteiger partial charge in [0.05, 0.1) is 0 Å². The third kappa shape index (κ3) is 2.71. The first kappa shape index (κ1) is 13.9. The summed E-state index contributed by atoms with van der Waals surface area (Å²) in [7, 11) is 0. The molecule has 3 nitrogen and oxygen atoms in total. The first-order valence-corrected chi connectivity index (χ1v) is 7.49. The average Bonchev–Trinajstić information content (AvgIpc) is 2.40. The summed E-state index contributed by atoms with van der Waals surface area (Å²) in [4.78, 5) is 14.5. The Kier molecular flexibility index (Phi) is 4.00. The minimum Gasteiger partial charge on any atom is -0.342 e. The monoisotopic (exact) mass is 252 g/mol. The van der Waals surface area contributed by atoms with Crippen molar-refractivity contribution in [1.82, 2.24) is 10.2 Å². The van der Waals surface area contributed by atoms with E-state index in [1.54, 1.807) is 0 Å². The van der Waals surface area contributed by atoms with Crippen LogP contribution in [0.4, 0.5) is 0 Å². The van der Waals surface area contributed by atoms with Crippen LogP contribution < -0.4 is 5.32 Å². The van der Waals surface area contributed by atoms with E-state index in [-0.39, 0.29) is 5.41 Å². The summed E-state index contributed by atoms with van der Waals surface area (Å²) >= 11 is 0. The van der Waals surface area contributed by atoms with E-state index in [2.05, 4.69) is 31.0 Å². The van der Waals surface area contributed by atoms with Crippen molar-refractivity contribution >= 4 is 5.91 Å². The molecular weight excluding hydrogens is 224 g/mol. The normalized spacial score (nSPS) is 24.3. The van der Waals surface area contributed by atoms with Gasteiger partial charge >= 0.3 is 0 Å². The fraction of sp³-hybridized carbons (Fsp3) is 0.933. The standard InChI is InChI=1S/C15H28N2O/c1-4-14(2,3)13(18)17-11-7-15(8-12-17)5-9-16-10-6-15/h16H,4-12H2,1-3H3.